The number of nitrogens with two attached hydrogens (primary N) is 1. The number of nitrogens with zero attached hydrogens (tertiary/aromatic N) is 1. The van der Waals surface area contributed by atoms with E-state index in [0.29, 0.717) is 24.5 Å². The summed E-state index contributed by atoms with van der Waals surface area (Å²) < 4.78 is 27.2. The Morgan fingerprint density at radius 2 is 1.95 bits per heavy atom. The second-order valence-corrected chi connectivity index (χ2v) is 7.91. The van der Waals surface area contributed by atoms with Crippen molar-refractivity contribution in [1.82, 2.24) is 4.31 Å². The zero-order valence-corrected chi connectivity index (χ0v) is 13.9. The van der Waals surface area contributed by atoms with Crippen molar-refractivity contribution in [3.8, 4) is 0 Å². The minimum absolute atomic E-state index is 0. The lowest BCUT2D eigenvalue weighted by Crippen LogP contribution is -2.34. The van der Waals surface area contributed by atoms with Gasteiger partial charge in [0.1, 0.15) is 0 Å². The van der Waals surface area contributed by atoms with Crippen molar-refractivity contribution in [2.45, 2.75) is 18.2 Å². The molecule has 1 heterocycles. The topological polar surface area (TPSA) is 63.4 Å². The minimum atomic E-state index is -3.38. The Balaban J connectivity index is 0.00000180. The molecule has 0 radical (unpaired) electrons. The highest BCUT2D eigenvalue weighted by atomic mass is 79.9. The van der Waals surface area contributed by atoms with E-state index in [0.717, 1.165) is 10.9 Å². The summed E-state index contributed by atoms with van der Waals surface area (Å²) in [5.74, 6) is 0. The van der Waals surface area contributed by atoms with Gasteiger partial charge in [-0.3, -0.25) is 0 Å². The number of benzene rings is 1. The maximum absolute atomic E-state index is 12.4. The fourth-order valence-corrected chi connectivity index (χ4v) is 3.96. The Bertz CT molecular complexity index is 535. The quantitative estimate of drug-likeness (QED) is 0.888. The molecule has 0 spiro atoms. The van der Waals surface area contributed by atoms with Gasteiger partial charge in [-0.25, -0.2) is 8.42 Å². The normalized spacial score (nSPS) is 24.2. The van der Waals surface area contributed by atoms with E-state index in [-0.39, 0.29) is 17.8 Å². The average molecular weight is 370 g/mol. The van der Waals surface area contributed by atoms with Crippen LogP contribution in [-0.2, 0) is 10.0 Å². The molecular formula is C12H18BrClN2O2S. The molecule has 0 amide bonds. The van der Waals surface area contributed by atoms with Crippen LogP contribution in [0.4, 0.5) is 0 Å². The number of sulfonamides is 1. The molecule has 19 heavy (non-hydrogen) atoms. The highest BCUT2D eigenvalue weighted by molar-refractivity contribution is 9.10. The predicted molar refractivity (Wildman–Crippen MR) is 81.9 cm³/mol. The first kappa shape index (κ1) is 16.9. The molecule has 1 aliphatic heterocycles. The van der Waals surface area contributed by atoms with E-state index in [1.165, 1.54) is 4.31 Å². The van der Waals surface area contributed by atoms with Gasteiger partial charge in [-0.1, -0.05) is 22.9 Å². The van der Waals surface area contributed by atoms with E-state index in [1.807, 2.05) is 6.92 Å². The molecule has 1 aromatic rings. The first-order valence-corrected chi connectivity index (χ1v) is 8.06. The Hall–Kier alpha value is -0.140. The van der Waals surface area contributed by atoms with E-state index in [2.05, 4.69) is 15.9 Å². The molecule has 1 saturated heterocycles. The molecule has 0 saturated carbocycles. The monoisotopic (exact) mass is 368 g/mol. The second kappa shape index (κ2) is 6.10. The van der Waals surface area contributed by atoms with Crippen LogP contribution in [0, 0.1) is 5.41 Å². The first-order chi connectivity index (χ1) is 8.37. The van der Waals surface area contributed by atoms with Gasteiger partial charge in [0.2, 0.25) is 10.0 Å². The van der Waals surface area contributed by atoms with Gasteiger partial charge in [-0.15, -0.1) is 12.4 Å². The summed E-state index contributed by atoms with van der Waals surface area (Å²) in [6, 6.07) is 6.73. The molecule has 0 aliphatic carbocycles. The van der Waals surface area contributed by atoms with E-state index in [9.17, 15) is 8.42 Å². The number of hydrogen-bond donors (Lipinski definition) is 1. The number of halogens is 2. The Kier molecular flexibility index (Phi) is 5.43. The van der Waals surface area contributed by atoms with Crippen molar-refractivity contribution in [1.29, 1.82) is 0 Å². The smallest absolute Gasteiger partial charge is 0.243 e. The van der Waals surface area contributed by atoms with Crippen molar-refractivity contribution in [2.24, 2.45) is 11.1 Å². The molecule has 7 heteroatoms. The molecule has 1 atom stereocenters. The Morgan fingerprint density at radius 1 is 1.37 bits per heavy atom. The fraction of sp³-hybridized carbons (Fsp3) is 0.500. The van der Waals surface area contributed by atoms with Gasteiger partial charge in [-0.2, -0.15) is 4.31 Å². The number of rotatable bonds is 3. The van der Waals surface area contributed by atoms with Crippen LogP contribution in [0.15, 0.2) is 33.6 Å². The molecule has 1 aliphatic rings. The zero-order chi connectivity index (χ0) is 13.4. The van der Waals surface area contributed by atoms with E-state index in [1.54, 1.807) is 24.3 Å². The molecule has 2 rings (SSSR count). The van der Waals surface area contributed by atoms with Gasteiger partial charge in [-0.05, 0) is 42.6 Å². The van der Waals surface area contributed by atoms with Crippen molar-refractivity contribution in [3.63, 3.8) is 0 Å². The molecule has 0 bridgehead atoms. The van der Waals surface area contributed by atoms with Gasteiger partial charge in [0.25, 0.3) is 0 Å². The third-order valence-electron chi connectivity index (χ3n) is 3.47. The standard InChI is InChI=1S/C12H17BrN2O2S.ClH/c1-12(8-14)6-7-15(9-12)18(16,17)11-4-2-10(13)3-5-11;/h2-5H,6-9,14H2,1H3;1H. The summed E-state index contributed by atoms with van der Waals surface area (Å²) in [5.41, 5.74) is 5.61. The Morgan fingerprint density at radius 3 is 2.42 bits per heavy atom. The Labute approximate surface area is 128 Å². The summed E-state index contributed by atoms with van der Waals surface area (Å²) in [4.78, 5) is 0.340. The SMILES string of the molecule is CC1(CN)CCN(S(=O)(=O)c2ccc(Br)cc2)C1.Cl. The fourth-order valence-electron chi connectivity index (χ4n) is 2.11. The van der Waals surface area contributed by atoms with Crippen molar-refractivity contribution < 1.29 is 8.42 Å². The van der Waals surface area contributed by atoms with Gasteiger partial charge >= 0.3 is 0 Å². The molecule has 0 aromatic heterocycles. The van der Waals surface area contributed by atoms with Crippen LogP contribution in [0.3, 0.4) is 0 Å². The molecule has 4 nitrogen and oxygen atoms in total. The van der Waals surface area contributed by atoms with Gasteiger partial charge in [0, 0.05) is 17.6 Å². The third kappa shape index (κ3) is 3.49. The summed E-state index contributed by atoms with van der Waals surface area (Å²) in [5, 5.41) is 0. The first-order valence-electron chi connectivity index (χ1n) is 5.83. The highest BCUT2D eigenvalue weighted by Gasteiger charge is 2.38. The molecular weight excluding hydrogens is 352 g/mol. The minimum Gasteiger partial charge on any atom is -0.330 e. The van der Waals surface area contributed by atoms with Crippen LogP contribution in [0.2, 0.25) is 0 Å². The van der Waals surface area contributed by atoms with Crippen molar-refractivity contribution >= 4 is 38.4 Å². The van der Waals surface area contributed by atoms with Crippen molar-refractivity contribution in [3.05, 3.63) is 28.7 Å². The maximum atomic E-state index is 12.4. The van der Waals surface area contributed by atoms with Crippen LogP contribution in [0.1, 0.15) is 13.3 Å². The summed E-state index contributed by atoms with van der Waals surface area (Å²) >= 11 is 3.30. The molecule has 1 unspecified atom stereocenters. The third-order valence-corrected chi connectivity index (χ3v) is 5.86. The zero-order valence-electron chi connectivity index (χ0n) is 10.7. The van der Waals surface area contributed by atoms with Gasteiger partial charge in [0.15, 0.2) is 0 Å². The van der Waals surface area contributed by atoms with E-state index < -0.39 is 10.0 Å². The van der Waals surface area contributed by atoms with Crippen LogP contribution < -0.4 is 5.73 Å². The highest BCUT2D eigenvalue weighted by Crippen LogP contribution is 2.32. The predicted octanol–water partition coefficient (Wildman–Crippen LogP) is 2.23. The summed E-state index contributed by atoms with van der Waals surface area (Å²) in [7, 11) is -3.38. The molecule has 108 valence electrons. The lowest BCUT2D eigenvalue weighted by Gasteiger charge is -2.22. The van der Waals surface area contributed by atoms with Crippen LogP contribution in [-0.4, -0.2) is 32.4 Å². The van der Waals surface area contributed by atoms with Crippen LogP contribution >= 0.6 is 28.3 Å². The van der Waals surface area contributed by atoms with E-state index >= 15 is 0 Å². The largest absolute Gasteiger partial charge is 0.330 e. The second-order valence-electron chi connectivity index (χ2n) is 5.06. The summed E-state index contributed by atoms with van der Waals surface area (Å²) in [6.07, 6.45) is 0.819. The molecule has 2 N–H and O–H groups in total. The van der Waals surface area contributed by atoms with E-state index in [4.69, 9.17) is 5.73 Å². The van der Waals surface area contributed by atoms with Crippen molar-refractivity contribution in [2.75, 3.05) is 19.6 Å². The number of hydrogen-bond acceptors (Lipinski definition) is 3. The maximum Gasteiger partial charge on any atom is 0.243 e. The molecule has 1 aromatic carbocycles. The van der Waals surface area contributed by atoms with Gasteiger partial charge in [0.05, 0.1) is 4.90 Å². The molecule has 1 fully saturated rings. The lowest BCUT2D eigenvalue weighted by molar-refractivity contribution is 0.349. The summed E-state index contributed by atoms with van der Waals surface area (Å²) in [6.45, 7) is 3.59. The van der Waals surface area contributed by atoms with Gasteiger partial charge < -0.3 is 5.73 Å². The lowest BCUT2D eigenvalue weighted by atomic mass is 9.90. The van der Waals surface area contributed by atoms with Crippen LogP contribution in [0.25, 0.3) is 0 Å². The van der Waals surface area contributed by atoms with Crippen LogP contribution in [0.5, 0.6) is 0 Å². The average Bonchev–Trinajstić information content (AvgIpc) is 2.74.